The summed E-state index contributed by atoms with van der Waals surface area (Å²) in [6, 6.07) is 2.58. The number of hydrogen-bond donors (Lipinski definition) is 1. The molecule has 0 aliphatic heterocycles. The van der Waals surface area contributed by atoms with E-state index in [1.165, 1.54) is 24.3 Å². The second kappa shape index (κ2) is 5.73. The molecule has 120 valence electrons. The van der Waals surface area contributed by atoms with Crippen LogP contribution in [0.15, 0.2) is 30.9 Å². The van der Waals surface area contributed by atoms with Gasteiger partial charge in [0.05, 0.1) is 11.8 Å². The molecule has 0 aliphatic carbocycles. The summed E-state index contributed by atoms with van der Waals surface area (Å²) in [6.45, 7) is 0.916. The van der Waals surface area contributed by atoms with Gasteiger partial charge in [0.15, 0.2) is 9.84 Å². The van der Waals surface area contributed by atoms with E-state index >= 15 is 0 Å². The highest BCUT2D eigenvalue weighted by molar-refractivity contribution is 7.91. The standard InChI is InChI=1S/C13H15F2N3O3S/c1-9(22(2,20)21)13(19,6-18-8-16-7-17-18)11-4-3-10(14)5-12(11)15/h3-5,7-9,19H,6H2,1-2H3/t9-,13?/m0/s1. The number of aromatic nitrogens is 3. The lowest BCUT2D eigenvalue weighted by Crippen LogP contribution is -2.46. The molecule has 1 N–H and O–H groups in total. The number of nitrogens with zero attached hydrogens (tertiary/aromatic N) is 3. The van der Waals surface area contributed by atoms with Gasteiger partial charge in [-0.3, -0.25) is 0 Å². The van der Waals surface area contributed by atoms with Crippen molar-refractivity contribution in [2.45, 2.75) is 24.3 Å². The van der Waals surface area contributed by atoms with E-state index in [2.05, 4.69) is 10.1 Å². The molecule has 2 atom stereocenters. The molecule has 1 unspecified atom stereocenters. The molecule has 0 bridgehead atoms. The molecule has 0 spiro atoms. The van der Waals surface area contributed by atoms with Crippen molar-refractivity contribution in [2.75, 3.05) is 6.26 Å². The summed E-state index contributed by atoms with van der Waals surface area (Å²) < 4.78 is 52.1. The largest absolute Gasteiger partial charge is 0.382 e. The van der Waals surface area contributed by atoms with Crippen molar-refractivity contribution in [3.05, 3.63) is 48.1 Å². The van der Waals surface area contributed by atoms with E-state index in [9.17, 15) is 22.3 Å². The van der Waals surface area contributed by atoms with Crippen molar-refractivity contribution in [2.24, 2.45) is 0 Å². The Hall–Kier alpha value is -1.87. The molecule has 6 nitrogen and oxygen atoms in total. The summed E-state index contributed by atoms with van der Waals surface area (Å²) in [5.41, 5.74) is -2.44. The lowest BCUT2D eigenvalue weighted by atomic mass is 9.90. The molecule has 2 rings (SSSR count). The first-order valence-electron chi connectivity index (χ1n) is 6.34. The second-order valence-electron chi connectivity index (χ2n) is 5.11. The van der Waals surface area contributed by atoms with Crippen LogP contribution in [0.25, 0.3) is 0 Å². The maximum absolute atomic E-state index is 14.1. The third-order valence-electron chi connectivity index (χ3n) is 3.58. The zero-order chi connectivity index (χ0) is 16.5. The van der Waals surface area contributed by atoms with Gasteiger partial charge in [-0.25, -0.2) is 26.9 Å². The van der Waals surface area contributed by atoms with Crippen LogP contribution < -0.4 is 0 Å². The third kappa shape index (κ3) is 3.14. The third-order valence-corrected chi connectivity index (χ3v) is 5.26. The number of sulfone groups is 1. The first-order chi connectivity index (χ1) is 10.1. The molecular formula is C13H15F2N3O3S. The fourth-order valence-corrected chi connectivity index (χ4v) is 3.10. The van der Waals surface area contributed by atoms with Gasteiger partial charge in [0.1, 0.15) is 29.9 Å². The number of benzene rings is 1. The highest BCUT2D eigenvalue weighted by Gasteiger charge is 2.44. The molecule has 2 aromatic rings. The quantitative estimate of drug-likeness (QED) is 0.879. The molecule has 0 fully saturated rings. The predicted molar refractivity (Wildman–Crippen MR) is 74.6 cm³/mol. The Morgan fingerprint density at radius 1 is 1.41 bits per heavy atom. The Labute approximate surface area is 126 Å². The van der Waals surface area contributed by atoms with Gasteiger partial charge >= 0.3 is 0 Å². The topological polar surface area (TPSA) is 85.1 Å². The molecule has 0 saturated heterocycles. The van der Waals surface area contributed by atoms with Crippen LogP contribution in [0.2, 0.25) is 0 Å². The average Bonchev–Trinajstić information content (AvgIpc) is 2.89. The maximum Gasteiger partial charge on any atom is 0.153 e. The fraction of sp³-hybridized carbons (Fsp3) is 0.385. The minimum atomic E-state index is -3.71. The normalized spacial score (nSPS) is 16.2. The van der Waals surface area contributed by atoms with Gasteiger partial charge < -0.3 is 5.11 Å². The van der Waals surface area contributed by atoms with Gasteiger partial charge in [-0.05, 0) is 13.0 Å². The SMILES string of the molecule is C[C@@H](C(O)(Cn1cncn1)c1ccc(F)cc1F)S(C)(=O)=O. The number of halogens is 2. The molecule has 9 heteroatoms. The van der Waals surface area contributed by atoms with E-state index in [-0.39, 0.29) is 12.1 Å². The molecular weight excluding hydrogens is 316 g/mol. The lowest BCUT2D eigenvalue weighted by molar-refractivity contribution is 0.0111. The molecule has 0 radical (unpaired) electrons. The van der Waals surface area contributed by atoms with E-state index in [4.69, 9.17) is 0 Å². The van der Waals surface area contributed by atoms with Gasteiger partial charge in [0.2, 0.25) is 0 Å². The van der Waals surface area contributed by atoms with Crippen LogP contribution in [0.3, 0.4) is 0 Å². The summed E-state index contributed by atoms with van der Waals surface area (Å²) in [6.07, 6.45) is 3.40. The van der Waals surface area contributed by atoms with Crippen molar-refractivity contribution < 1.29 is 22.3 Å². The van der Waals surface area contributed by atoms with Crippen LogP contribution in [-0.2, 0) is 22.0 Å². The lowest BCUT2D eigenvalue weighted by Gasteiger charge is -2.33. The predicted octanol–water partition coefficient (Wildman–Crippen LogP) is 0.877. The molecule has 0 aliphatic rings. The number of rotatable bonds is 5. The first-order valence-corrected chi connectivity index (χ1v) is 8.29. The summed E-state index contributed by atoms with van der Waals surface area (Å²) in [5.74, 6) is -1.85. The van der Waals surface area contributed by atoms with E-state index in [1.807, 2.05) is 0 Å². The molecule has 1 aromatic carbocycles. The Balaban J connectivity index is 2.58. The fourth-order valence-electron chi connectivity index (χ4n) is 2.19. The highest BCUT2D eigenvalue weighted by Crippen LogP contribution is 2.33. The summed E-state index contributed by atoms with van der Waals surface area (Å²) in [5, 5.41) is 13.3. The minimum absolute atomic E-state index is 0.317. The smallest absolute Gasteiger partial charge is 0.153 e. The van der Waals surface area contributed by atoms with Crippen molar-refractivity contribution in [1.82, 2.24) is 14.8 Å². The Bertz CT molecular complexity index is 765. The molecule has 0 saturated carbocycles. The summed E-state index contributed by atoms with van der Waals surface area (Å²) >= 11 is 0. The van der Waals surface area contributed by atoms with E-state index in [1.54, 1.807) is 0 Å². The minimum Gasteiger partial charge on any atom is -0.382 e. The van der Waals surface area contributed by atoms with Crippen LogP contribution in [0.4, 0.5) is 8.78 Å². The van der Waals surface area contributed by atoms with Gasteiger partial charge in [-0.15, -0.1) is 0 Å². The Morgan fingerprint density at radius 2 is 2.09 bits per heavy atom. The maximum atomic E-state index is 14.1. The first kappa shape index (κ1) is 16.5. The second-order valence-corrected chi connectivity index (χ2v) is 7.48. The molecule has 1 heterocycles. The zero-order valence-electron chi connectivity index (χ0n) is 11.9. The van der Waals surface area contributed by atoms with Gasteiger partial charge in [0, 0.05) is 17.9 Å². The zero-order valence-corrected chi connectivity index (χ0v) is 12.8. The van der Waals surface area contributed by atoms with Crippen molar-refractivity contribution in [3.63, 3.8) is 0 Å². The summed E-state index contributed by atoms with van der Waals surface area (Å²) in [4.78, 5) is 3.70. The van der Waals surface area contributed by atoms with Crippen molar-refractivity contribution in [3.8, 4) is 0 Å². The van der Waals surface area contributed by atoms with E-state index in [0.29, 0.717) is 6.07 Å². The van der Waals surface area contributed by atoms with Crippen LogP contribution in [-0.4, -0.2) is 39.8 Å². The highest BCUT2D eigenvalue weighted by atomic mass is 32.2. The van der Waals surface area contributed by atoms with Crippen LogP contribution >= 0.6 is 0 Å². The number of hydrogen-bond acceptors (Lipinski definition) is 5. The van der Waals surface area contributed by atoms with Crippen LogP contribution in [0.1, 0.15) is 12.5 Å². The molecule has 22 heavy (non-hydrogen) atoms. The van der Waals surface area contributed by atoms with Gasteiger partial charge in [0.25, 0.3) is 0 Å². The van der Waals surface area contributed by atoms with E-state index in [0.717, 1.165) is 18.4 Å². The Kier molecular flexibility index (Phi) is 4.30. The molecule has 0 amide bonds. The van der Waals surface area contributed by atoms with Crippen LogP contribution in [0, 0.1) is 11.6 Å². The van der Waals surface area contributed by atoms with Crippen molar-refractivity contribution in [1.29, 1.82) is 0 Å². The van der Waals surface area contributed by atoms with Crippen molar-refractivity contribution >= 4 is 9.84 Å². The number of aliphatic hydroxyl groups is 1. The van der Waals surface area contributed by atoms with Gasteiger partial charge in [-0.1, -0.05) is 6.07 Å². The Morgan fingerprint density at radius 3 is 2.59 bits per heavy atom. The van der Waals surface area contributed by atoms with Crippen LogP contribution in [0.5, 0.6) is 0 Å². The summed E-state index contributed by atoms with van der Waals surface area (Å²) in [7, 11) is -3.71. The average molecular weight is 331 g/mol. The molecule has 1 aromatic heterocycles. The van der Waals surface area contributed by atoms with E-state index < -0.39 is 32.3 Å². The monoisotopic (exact) mass is 331 g/mol. The van der Waals surface area contributed by atoms with Gasteiger partial charge in [-0.2, -0.15) is 5.10 Å².